The van der Waals surface area contributed by atoms with Gasteiger partial charge in [0.05, 0.1) is 12.8 Å². The van der Waals surface area contributed by atoms with E-state index in [1.807, 2.05) is 18.2 Å². The lowest BCUT2D eigenvalue weighted by molar-refractivity contribution is 0.417. The van der Waals surface area contributed by atoms with Gasteiger partial charge in [0.1, 0.15) is 5.75 Å². The molecule has 3 aromatic rings. The van der Waals surface area contributed by atoms with Crippen LogP contribution in [-0.4, -0.2) is 27.3 Å². The van der Waals surface area contributed by atoms with E-state index >= 15 is 0 Å². The number of aromatic nitrogens is 4. The summed E-state index contributed by atoms with van der Waals surface area (Å²) in [5.41, 5.74) is 8.21. The Morgan fingerprint density at radius 1 is 1.10 bits per heavy atom. The number of nitrogens with zero attached hydrogens (tertiary/aromatic N) is 3. The quantitative estimate of drug-likeness (QED) is 0.709. The van der Waals surface area contributed by atoms with E-state index in [-0.39, 0.29) is 0 Å². The number of hydrogen-bond acceptors (Lipinski definition) is 5. The molecule has 20 heavy (non-hydrogen) atoms. The van der Waals surface area contributed by atoms with Gasteiger partial charge in [-0.25, -0.2) is 4.98 Å². The number of H-pyrrole nitrogens is 1. The first-order valence-corrected chi connectivity index (χ1v) is 6.04. The topological polar surface area (TPSA) is 89.7 Å². The number of nitrogens with one attached hydrogen (secondary N) is 1. The average molecular weight is 267 g/mol. The Hall–Kier alpha value is -2.89. The normalized spacial score (nSPS) is 10.4. The fourth-order valence-electron chi connectivity index (χ4n) is 1.90. The summed E-state index contributed by atoms with van der Waals surface area (Å²) in [7, 11) is 1.58. The van der Waals surface area contributed by atoms with Crippen molar-refractivity contribution < 1.29 is 4.74 Å². The Bertz CT molecular complexity index is 723. The summed E-state index contributed by atoms with van der Waals surface area (Å²) in [5.74, 6) is 1.92. The van der Waals surface area contributed by atoms with Gasteiger partial charge in [0, 0.05) is 23.5 Å². The fraction of sp³-hybridized carbons (Fsp3) is 0.0714. The van der Waals surface area contributed by atoms with Crippen molar-refractivity contribution in [1.29, 1.82) is 0 Å². The highest BCUT2D eigenvalue weighted by atomic mass is 16.5. The van der Waals surface area contributed by atoms with Crippen LogP contribution in [0.5, 0.6) is 5.75 Å². The monoisotopic (exact) mass is 267 g/mol. The van der Waals surface area contributed by atoms with Gasteiger partial charge < -0.3 is 10.5 Å². The molecule has 0 bridgehead atoms. The van der Waals surface area contributed by atoms with Gasteiger partial charge in [-0.1, -0.05) is 0 Å². The third-order valence-corrected chi connectivity index (χ3v) is 2.93. The maximum Gasteiger partial charge on any atom is 0.181 e. The number of methoxy groups -OCH3 is 1. The lowest BCUT2D eigenvalue weighted by Gasteiger charge is -2.04. The molecule has 0 amide bonds. The number of nitrogens with two attached hydrogens (primary N) is 1. The van der Waals surface area contributed by atoms with Crippen molar-refractivity contribution in [3.05, 3.63) is 42.7 Å². The van der Waals surface area contributed by atoms with E-state index in [0.29, 0.717) is 23.1 Å². The Balaban J connectivity index is 1.96. The Kier molecular flexibility index (Phi) is 3.04. The van der Waals surface area contributed by atoms with Crippen LogP contribution in [0.15, 0.2) is 42.7 Å². The second-order valence-electron chi connectivity index (χ2n) is 4.20. The molecular weight excluding hydrogens is 254 g/mol. The molecule has 6 heteroatoms. The molecule has 3 rings (SSSR count). The number of nitrogen functional groups attached to an aromatic ring is 1. The minimum Gasteiger partial charge on any atom is -0.495 e. The van der Waals surface area contributed by atoms with Crippen LogP contribution in [0.3, 0.4) is 0 Å². The second kappa shape index (κ2) is 5.00. The van der Waals surface area contributed by atoms with Crippen molar-refractivity contribution in [3.8, 4) is 28.5 Å². The molecule has 0 unspecified atom stereocenters. The highest BCUT2D eigenvalue weighted by Gasteiger charge is 2.09. The highest BCUT2D eigenvalue weighted by molar-refractivity contribution is 5.67. The number of hydrogen-bond donors (Lipinski definition) is 2. The Morgan fingerprint density at radius 3 is 2.60 bits per heavy atom. The third-order valence-electron chi connectivity index (χ3n) is 2.93. The molecule has 2 heterocycles. The van der Waals surface area contributed by atoms with Crippen LogP contribution in [0.2, 0.25) is 0 Å². The lowest BCUT2D eigenvalue weighted by Crippen LogP contribution is -1.93. The zero-order valence-corrected chi connectivity index (χ0v) is 10.9. The van der Waals surface area contributed by atoms with Gasteiger partial charge in [0.2, 0.25) is 0 Å². The maximum absolute atomic E-state index is 5.89. The molecule has 0 spiro atoms. The summed E-state index contributed by atoms with van der Waals surface area (Å²) in [6.45, 7) is 0. The minimum absolute atomic E-state index is 0.556. The molecule has 2 aromatic heterocycles. The van der Waals surface area contributed by atoms with Gasteiger partial charge in [-0.2, -0.15) is 5.10 Å². The summed E-state index contributed by atoms with van der Waals surface area (Å²) in [4.78, 5) is 8.43. The molecule has 1 aromatic carbocycles. The van der Waals surface area contributed by atoms with E-state index in [0.717, 1.165) is 11.1 Å². The number of ether oxygens (including phenoxy) is 1. The van der Waals surface area contributed by atoms with E-state index in [9.17, 15) is 0 Å². The van der Waals surface area contributed by atoms with Crippen LogP contribution in [0.25, 0.3) is 22.8 Å². The first-order chi connectivity index (χ1) is 9.78. The first kappa shape index (κ1) is 12.2. The summed E-state index contributed by atoms with van der Waals surface area (Å²) < 4.78 is 5.13. The van der Waals surface area contributed by atoms with Crippen LogP contribution < -0.4 is 10.5 Å². The van der Waals surface area contributed by atoms with Gasteiger partial charge in [-0.15, -0.1) is 0 Å². The first-order valence-electron chi connectivity index (χ1n) is 6.04. The number of pyridine rings is 1. The van der Waals surface area contributed by atoms with Gasteiger partial charge in [-0.05, 0) is 30.3 Å². The molecule has 0 aliphatic rings. The fourth-order valence-corrected chi connectivity index (χ4v) is 1.90. The molecule has 100 valence electrons. The molecule has 3 N–H and O–H groups in total. The summed E-state index contributed by atoms with van der Waals surface area (Å²) in [5, 5.41) is 7.11. The van der Waals surface area contributed by atoms with Crippen molar-refractivity contribution in [1.82, 2.24) is 20.2 Å². The molecule has 0 saturated heterocycles. The van der Waals surface area contributed by atoms with Gasteiger partial charge in [-0.3, -0.25) is 10.1 Å². The lowest BCUT2D eigenvalue weighted by atomic mass is 10.2. The number of aromatic amines is 1. The van der Waals surface area contributed by atoms with Crippen molar-refractivity contribution in [2.75, 3.05) is 12.8 Å². The number of anilines is 1. The SMILES string of the molecule is COc1ccc(-c2n[nH]c(-c3ccncc3)n2)cc1N. The molecule has 6 nitrogen and oxygen atoms in total. The standard InChI is InChI=1S/C14H13N5O/c1-20-12-3-2-10(8-11(12)15)14-17-13(18-19-14)9-4-6-16-7-5-9/h2-8H,15H2,1H3,(H,17,18,19). The van der Waals surface area contributed by atoms with Crippen molar-refractivity contribution in [2.45, 2.75) is 0 Å². The third kappa shape index (κ3) is 2.18. The zero-order chi connectivity index (χ0) is 13.9. The smallest absolute Gasteiger partial charge is 0.181 e. The van der Waals surface area contributed by atoms with Gasteiger partial charge >= 0.3 is 0 Å². The predicted molar refractivity (Wildman–Crippen MR) is 76.0 cm³/mol. The van der Waals surface area contributed by atoms with E-state index in [2.05, 4.69) is 20.2 Å². The zero-order valence-electron chi connectivity index (χ0n) is 10.9. The molecule has 0 fully saturated rings. The van der Waals surface area contributed by atoms with Crippen LogP contribution in [-0.2, 0) is 0 Å². The molecule has 0 saturated carbocycles. The minimum atomic E-state index is 0.556. The molecule has 0 aliphatic heterocycles. The highest BCUT2D eigenvalue weighted by Crippen LogP contribution is 2.27. The van der Waals surface area contributed by atoms with Crippen LogP contribution in [0.1, 0.15) is 0 Å². The van der Waals surface area contributed by atoms with Gasteiger partial charge in [0.15, 0.2) is 11.6 Å². The van der Waals surface area contributed by atoms with E-state index in [4.69, 9.17) is 10.5 Å². The maximum atomic E-state index is 5.89. The number of benzene rings is 1. The van der Waals surface area contributed by atoms with E-state index in [1.165, 1.54) is 0 Å². The van der Waals surface area contributed by atoms with E-state index < -0.39 is 0 Å². The largest absolute Gasteiger partial charge is 0.495 e. The van der Waals surface area contributed by atoms with Crippen molar-refractivity contribution in [3.63, 3.8) is 0 Å². The second-order valence-corrected chi connectivity index (χ2v) is 4.20. The molecular formula is C14H13N5O. The summed E-state index contributed by atoms with van der Waals surface area (Å²) >= 11 is 0. The molecule has 0 radical (unpaired) electrons. The molecule has 0 atom stereocenters. The molecule has 0 aliphatic carbocycles. The van der Waals surface area contributed by atoms with Gasteiger partial charge in [0.25, 0.3) is 0 Å². The Labute approximate surface area is 115 Å². The summed E-state index contributed by atoms with van der Waals surface area (Å²) in [6, 6.07) is 9.19. The van der Waals surface area contributed by atoms with Crippen LogP contribution in [0, 0.1) is 0 Å². The number of rotatable bonds is 3. The Morgan fingerprint density at radius 2 is 1.90 bits per heavy atom. The van der Waals surface area contributed by atoms with Crippen LogP contribution >= 0.6 is 0 Å². The summed E-state index contributed by atoms with van der Waals surface area (Å²) in [6.07, 6.45) is 3.42. The predicted octanol–water partition coefficient (Wildman–Crippen LogP) is 2.12. The average Bonchev–Trinajstić information content (AvgIpc) is 2.98. The van der Waals surface area contributed by atoms with Crippen molar-refractivity contribution in [2.24, 2.45) is 0 Å². The van der Waals surface area contributed by atoms with Crippen LogP contribution in [0.4, 0.5) is 5.69 Å². The van der Waals surface area contributed by atoms with E-state index in [1.54, 1.807) is 31.6 Å². The van der Waals surface area contributed by atoms with Crippen molar-refractivity contribution >= 4 is 5.69 Å².